The topological polar surface area (TPSA) is 83.7 Å². The smallest absolute Gasteiger partial charge is 0.213 e. The molecule has 6 saturated heterocycles. The third-order valence-electron chi connectivity index (χ3n) is 5.93. The maximum absolute atomic E-state index is 11.1. The summed E-state index contributed by atoms with van der Waals surface area (Å²) >= 11 is 1.56. The van der Waals surface area contributed by atoms with Crippen LogP contribution < -0.4 is 5.14 Å². The van der Waals surface area contributed by atoms with Crippen molar-refractivity contribution in [1.82, 2.24) is 9.80 Å². The molecule has 6 heterocycles. The van der Waals surface area contributed by atoms with E-state index in [1.807, 2.05) is 0 Å². The highest BCUT2D eigenvalue weighted by Gasteiger charge is 2.40. The van der Waals surface area contributed by atoms with E-state index in [0.29, 0.717) is 17.7 Å². The number of carbonyl (C=O) groups excluding carboxylic acids is 1. The van der Waals surface area contributed by atoms with Crippen LogP contribution in [0.25, 0.3) is 0 Å². The first-order chi connectivity index (χ1) is 11.3. The van der Waals surface area contributed by atoms with Crippen LogP contribution in [0.2, 0.25) is 0 Å². The van der Waals surface area contributed by atoms with Gasteiger partial charge in [0.1, 0.15) is 0 Å². The van der Waals surface area contributed by atoms with Gasteiger partial charge in [-0.1, -0.05) is 11.8 Å². The number of sulfonamides is 1. The normalized spacial score (nSPS) is 40.8. The molecule has 24 heavy (non-hydrogen) atoms. The Balaban J connectivity index is 0.000000141. The Hall–Kier alpha value is -0.150. The molecule has 2 atom stereocenters. The summed E-state index contributed by atoms with van der Waals surface area (Å²) < 4.78 is 22.3. The molecule has 8 heteroatoms. The largest absolute Gasteiger partial charge is 0.302 e. The zero-order chi connectivity index (χ0) is 17.3. The lowest BCUT2D eigenvalue weighted by molar-refractivity contribution is -0.109. The number of thioether (sulfide) groups is 1. The summed E-state index contributed by atoms with van der Waals surface area (Å²) in [5, 5.41) is 5.74. The van der Waals surface area contributed by atoms with Crippen LogP contribution in [0.5, 0.6) is 0 Å². The molecule has 0 aromatic rings. The molecule has 4 bridgehead atoms. The van der Waals surface area contributed by atoms with E-state index in [0.717, 1.165) is 38.4 Å². The van der Waals surface area contributed by atoms with Gasteiger partial charge in [-0.3, -0.25) is 4.79 Å². The van der Waals surface area contributed by atoms with Crippen molar-refractivity contribution in [2.75, 3.05) is 39.3 Å². The molecule has 6 rings (SSSR count). The first-order valence-corrected chi connectivity index (χ1v) is 11.5. The number of rotatable bonds is 2. The second-order valence-electron chi connectivity index (χ2n) is 7.55. The Morgan fingerprint density at radius 3 is 1.75 bits per heavy atom. The average molecular weight is 376 g/mol. The van der Waals surface area contributed by atoms with E-state index in [9.17, 15) is 13.2 Å². The fourth-order valence-electron chi connectivity index (χ4n) is 4.54. The Kier molecular flexibility index (Phi) is 5.91. The SMILES string of the molecule is CC(=O)SC1CN2CCC1CC2.NS(=O)(=O)C1CN2CCC1CC2. The van der Waals surface area contributed by atoms with E-state index in [2.05, 4.69) is 9.80 Å². The summed E-state index contributed by atoms with van der Waals surface area (Å²) in [6.07, 6.45) is 4.62. The van der Waals surface area contributed by atoms with Crippen LogP contribution in [-0.4, -0.2) is 73.1 Å². The van der Waals surface area contributed by atoms with E-state index >= 15 is 0 Å². The van der Waals surface area contributed by atoms with E-state index in [1.165, 1.54) is 25.9 Å². The zero-order valence-electron chi connectivity index (χ0n) is 14.4. The molecule has 0 aromatic heterocycles. The van der Waals surface area contributed by atoms with Crippen molar-refractivity contribution >= 4 is 26.9 Å². The van der Waals surface area contributed by atoms with Gasteiger partial charge in [0.05, 0.1) is 5.25 Å². The molecule has 0 radical (unpaired) electrons. The number of nitrogens with two attached hydrogens (primary N) is 1. The number of piperidine rings is 6. The van der Waals surface area contributed by atoms with E-state index in [4.69, 9.17) is 5.14 Å². The minimum Gasteiger partial charge on any atom is -0.302 e. The summed E-state index contributed by atoms with van der Waals surface area (Å²) in [5.41, 5.74) is 0. The third kappa shape index (κ3) is 4.52. The van der Waals surface area contributed by atoms with Crippen LogP contribution in [0.3, 0.4) is 0 Å². The van der Waals surface area contributed by atoms with Crippen LogP contribution >= 0.6 is 11.8 Å². The van der Waals surface area contributed by atoms with Crippen LogP contribution in [-0.2, 0) is 14.8 Å². The van der Waals surface area contributed by atoms with Gasteiger partial charge in [0, 0.05) is 25.3 Å². The number of fused-ring (bicyclic) bond motifs is 6. The molecule has 6 fully saturated rings. The van der Waals surface area contributed by atoms with Gasteiger partial charge in [-0.15, -0.1) is 0 Å². The van der Waals surface area contributed by atoms with Crippen molar-refractivity contribution in [2.45, 2.75) is 43.1 Å². The molecular formula is C16H29N3O3S2. The molecule has 0 saturated carbocycles. The molecule has 0 aromatic carbocycles. The Labute approximate surface area is 149 Å². The first kappa shape index (κ1) is 18.6. The Morgan fingerprint density at radius 1 is 0.958 bits per heavy atom. The number of hydrogen-bond acceptors (Lipinski definition) is 6. The standard InChI is InChI=1S/C9H15NOS.C7H14N2O2S/c1-7(11)12-9-6-10-4-2-8(9)3-5-10;8-12(10,11)7-5-9-3-1-6(7)2-4-9/h8-9H,2-6H2,1H3;6-7H,1-5H2,(H2,8,10,11). The molecule has 2 unspecified atom stereocenters. The van der Waals surface area contributed by atoms with Crippen molar-refractivity contribution in [3.05, 3.63) is 0 Å². The van der Waals surface area contributed by atoms with Crippen molar-refractivity contribution in [3.63, 3.8) is 0 Å². The van der Waals surface area contributed by atoms with E-state index in [-0.39, 0.29) is 10.4 Å². The number of hydrogen-bond donors (Lipinski definition) is 1. The summed E-state index contributed by atoms with van der Waals surface area (Å²) in [5.74, 6) is 1.15. The molecular weight excluding hydrogens is 346 g/mol. The molecule has 0 amide bonds. The van der Waals surface area contributed by atoms with Gasteiger partial charge < -0.3 is 9.80 Å². The Bertz CT molecular complexity index is 553. The van der Waals surface area contributed by atoms with Crippen LogP contribution in [0.4, 0.5) is 0 Å². The molecule has 0 spiro atoms. The third-order valence-corrected chi connectivity index (χ3v) is 8.48. The minimum absolute atomic E-state index is 0.286. The van der Waals surface area contributed by atoms with Crippen molar-refractivity contribution in [2.24, 2.45) is 17.0 Å². The van der Waals surface area contributed by atoms with Crippen LogP contribution in [0.15, 0.2) is 0 Å². The van der Waals surface area contributed by atoms with Gasteiger partial charge in [0.2, 0.25) is 10.0 Å². The molecule has 2 N–H and O–H groups in total. The molecule has 138 valence electrons. The van der Waals surface area contributed by atoms with Crippen molar-refractivity contribution in [1.29, 1.82) is 0 Å². The molecule has 6 aliphatic heterocycles. The monoisotopic (exact) mass is 375 g/mol. The maximum Gasteiger partial charge on any atom is 0.213 e. The molecule has 6 nitrogen and oxygen atoms in total. The fourth-order valence-corrected chi connectivity index (χ4v) is 6.94. The highest BCUT2D eigenvalue weighted by molar-refractivity contribution is 8.14. The number of primary sulfonamides is 1. The first-order valence-electron chi connectivity index (χ1n) is 8.96. The summed E-state index contributed by atoms with van der Waals surface area (Å²) in [7, 11) is -3.30. The molecule has 0 aliphatic carbocycles. The van der Waals surface area contributed by atoms with Crippen molar-refractivity contribution in [3.8, 4) is 0 Å². The lowest BCUT2D eigenvalue weighted by Crippen LogP contribution is -2.54. The van der Waals surface area contributed by atoms with Gasteiger partial charge in [-0.05, 0) is 63.7 Å². The fraction of sp³-hybridized carbons (Fsp3) is 0.938. The van der Waals surface area contributed by atoms with E-state index < -0.39 is 10.0 Å². The highest BCUT2D eigenvalue weighted by Crippen LogP contribution is 2.35. The van der Waals surface area contributed by atoms with Crippen LogP contribution in [0, 0.1) is 11.8 Å². The number of nitrogens with zero attached hydrogens (tertiary/aromatic N) is 2. The molecule has 6 aliphatic rings. The van der Waals surface area contributed by atoms with Gasteiger partial charge in [-0.25, -0.2) is 13.6 Å². The van der Waals surface area contributed by atoms with Crippen molar-refractivity contribution < 1.29 is 13.2 Å². The minimum atomic E-state index is -3.30. The highest BCUT2D eigenvalue weighted by atomic mass is 32.2. The average Bonchev–Trinajstić information content (AvgIpc) is 2.56. The second kappa shape index (κ2) is 7.61. The quantitative estimate of drug-likeness (QED) is 0.766. The predicted octanol–water partition coefficient (Wildman–Crippen LogP) is 0.729. The Morgan fingerprint density at radius 2 is 1.46 bits per heavy atom. The lowest BCUT2D eigenvalue weighted by atomic mass is 9.88. The predicted molar refractivity (Wildman–Crippen MR) is 97.3 cm³/mol. The summed E-state index contributed by atoms with van der Waals surface area (Å²) in [4.78, 5) is 15.6. The van der Waals surface area contributed by atoms with Gasteiger partial charge >= 0.3 is 0 Å². The van der Waals surface area contributed by atoms with Gasteiger partial charge in [0.15, 0.2) is 5.12 Å². The van der Waals surface area contributed by atoms with Crippen LogP contribution in [0.1, 0.15) is 32.6 Å². The second-order valence-corrected chi connectivity index (χ2v) is 10.8. The summed E-state index contributed by atoms with van der Waals surface area (Å²) in [6.45, 7) is 8.12. The maximum atomic E-state index is 11.1. The lowest BCUT2D eigenvalue weighted by Gasteiger charge is -2.44. The zero-order valence-corrected chi connectivity index (χ0v) is 16.0. The van der Waals surface area contributed by atoms with E-state index in [1.54, 1.807) is 18.7 Å². The number of carbonyl (C=O) groups is 1. The van der Waals surface area contributed by atoms with Gasteiger partial charge in [-0.2, -0.15) is 0 Å². The van der Waals surface area contributed by atoms with Gasteiger partial charge in [0.25, 0.3) is 0 Å². The summed E-state index contributed by atoms with van der Waals surface area (Å²) in [6, 6.07) is 0.